The Labute approximate surface area is 176 Å². The lowest BCUT2D eigenvalue weighted by atomic mass is 9.96. The van der Waals surface area contributed by atoms with E-state index in [1.54, 1.807) is 27.9 Å². The molecule has 1 aromatic carbocycles. The number of pyridine rings is 1. The van der Waals surface area contributed by atoms with Gasteiger partial charge in [-0.05, 0) is 38.4 Å². The van der Waals surface area contributed by atoms with E-state index in [2.05, 4.69) is 4.98 Å². The molecule has 1 aliphatic rings. The molecular weight excluding hydrogens is 387 g/mol. The normalized spacial score (nSPS) is 18.9. The Morgan fingerprint density at radius 2 is 1.93 bits per heavy atom. The number of carbonyl (C=O) groups is 2. The summed E-state index contributed by atoms with van der Waals surface area (Å²) in [6.45, 7) is 5.53. The molecule has 8 nitrogen and oxygen atoms in total. The molecule has 0 aliphatic carbocycles. The van der Waals surface area contributed by atoms with Gasteiger partial charge in [-0.25, -0.2) is 14.6 Å². The average molecular weight is 414 g/mol. The number of ether oxygens (including phenoxy) is 4. The molecule has 0 radical (unpaired) electrons. The van der Waals surface area contributed by atoms with Gasteiger partial charge in [-0.2, -0.15) is 0 Å². The Morgan fingerprint density at radius 3 is 2.57 bits per heavy atom. The second kappa shape index (κ2) is 8.42. The van der Waals surface area contributed by atoms with Crippen LogP contribution in [-0.2, 0) is 14.3 Å². The van der Waals surface area contributed by atoms with Crippen molar-refractivity contribution >= 4 is 36.3 Å². The zero-order chi connectivity index (χ0) is 22.1. The maximum absolute atomic E-state index is 12.6. The third-order valence-electron chi connectivity index (χ3n) is 4.81. The van der Waals surface area contributed by atoms with Gasteiger partial charge in [0.05, 0.1) is 26.3 Å². The van der Waals surface area contributed by atoms with Crippen molar-refractivity contribution in [2.24, 2.45) is 0 Å². The minimum atomic E-state index is -0.768. The predicted octanol–water partition coefficient (Wildman–Crippen LogP) is 1.43. The fourth-order valence-corrected chi connectivity index (χ4v) is 3.40. The maximum atomic E-state index is 12.6. The van der Waals surface area contributed by atoms with Gasteiger partial charge in [0.1, 0.15) is 31.3 Å². The molecule has 3 rings (SSSR count). The summed E-state index contributed by atoms with van der Waals surface area (Å²) < 4.78 is 21.7. The molecule has 2 heterocycles. The molecule has 160 valence electrons. The first-order valence-corrected chi connectivity index (χ1v) is 9.81. The van der Waals surface area contributed by atoms with Crippen LogP contribution in [0.5, 0.6) is 11.6 Å². The Bertz CT molecular complexity index is 958. The van der Waals surface area contributed by atoms with Gasteiger partial charge in [0.2, 0.25) is 5.88 Å². The van der Waals surface area contributed by atoms with Crippen molar-refractivity contribution in [3.8, 4) is 11.6 Å². The molecule has 2 aromatic rings. The van der Waals surface area contributed by atoms with Crippen LogP contribution in [0.3, 0.4) is 0 Å². The van der Waals surface area contributed by atoms with E-state index in [4.69, 9.17) is 18.9 Å². The van der Waals surface area contributed by atoms with Crippen molar-refractivity contribution in [2.75, 3.05) is 20.8 Å². The summed E-state index contributed by atoms with van der Waals surface area (Å²) in [5, 5.41) is 0.967. The summed E-state index contributed by atoms with van der Waals surface area (Å²) in [4.78, 5) is 30.8. The highest BCUT2D eigenvalue weighted by Gasteiger charge is 2.43. The number of methoxy groups -OCH3 is 2. The Hall–Kier alpha value is -2.97. The van der Waals surface area contributed by atoms with Gasteiger partial charge in [0.25, 0.3) is 0 Å². The molecule has 1 amide bonds. The van der Waals surface area contributed by atoms with Crippen LogP contribution in [0, 0.1) is 0 Å². The predicted molar refractivity (Wildman–Crippen MR) is 114 cm³/mol. The van der Waals surface area contributed by atoms with E-state index >= 15 is 0 Å². The molecule has 1 aliphatic heterocycles. The molecule has 0 spiro atoms. The summed E-state index contributed by atoms with van der Waals surface area (Å²) in [5.41, 5.74) is 0.922. The molecule has 1 saturated heterocycles. The van der Waals surface area contributed by atoms with Crippen LogP contribution in [0.15, 0.2) is 24.3 Å². The number of rotatable bonds is 4. The molecule has 1 fully saturated rings. The van der Waals surface area contributed by atoms with Crippen LogP contribution >= 0.6 is 0 Å². The van der Waals surface area contributed by atoms with Crippen molar-refractivity contribution < 1.29 is 28.5 Å². The van der Waals surface area contributed by atoms with Crippen molar-refractivity contribution in [1.82, 2.24) is 9.88 Å². The highest BCUT2D eigenvalue weighted by atomic mass is 16.6. The van der Waals surface area contributed by atoms with Crippen LogP contribution in [0.25, 0.3) is 10.9 Å². The van der Waals surface area contributed by atoms with Crippen LogP contribution < -0.4 is 14.9 Å². The second-order valence-corrected chi connectivity index (χ2v) is 8.32. The first kappa shape index (κ1) is 21.7. The molecule has 1 aromatic heterocycles. The molecule has 9 heteroatoms. The van der Waals surface area contributed by atoms with E-state index in [0.29, 0.717) is 18.1 Å². The van der Waals surface area contributed by atoms with Gasteiger partial charge in [0.15, 0.2) is 0 Å². The zero-order valence-electron chi connectivity index (χ0n) is 18.2. The van der Waals surface area contributed by atoms with Crippen molar-refractivity contribution in [3.05, 3.63) is 24.3 Å². The number of likely N-dealkylation sites (tertiary alicyclic amines) is 1. The van der Waals surface area contributed by atoms with Crippen LogP contribution in [0.2, 0.25) is 0 Å². The molecule has 0 bridgehead atoms. The number of esters is 1. The zero-order valence-corrected chi connectivity index (χ0v) is 18.2. The number of amides is 1. The first-order chi connectivity index (χ1) is 14.1. The molecular formula is C21H27BN2O6. The lowest BCUT2D eigenvalue weighted by molar-refractivity contribution is -0.145. The van der Waals surface area contributed by atoms with E-state index < -0.39 is 29.8 Å². The van der Waals surface area contributed by atoms with Crippen LogP contribution in [-0.4, -0.2) is 68.3 Å². The monoisotopic (exact) mass is 414 g/mol. The fourth-order valence-electron chi connectivity index (χ4n) is 3.40. The summed E-state index contributed by atoms with van der Waals surface area (Å²) in [6, 6.07) is 6.86. The van der Waals surface area contributed by atoms with E-state index in [-0.39, 0.29) is 6.54 Å². The third kappa shape index (κ3) is 4.77. The summed E-state index contributed by atoms with van der Waals surface area (Å²) in [5.74, 6) is 0.655. The molecule has 0 saturated carbocycles. The highest BCUT2D eigenvalue weighted by Crippen LogP contribution is 2.26. The van der Waals surface area contributed by atoms with Crippen molar-refractivity contribution in [2.45, 2.75) is 44.9 Å². The lowest BCUT2D eigenvalue weighted by Crippen LogP contribution is -2.44. The number of benzene rings is 1. The summed E-state index contributed by atoms with van der Waals surface area (Å²) >= 11 is 0. The number of fused-ring (bicyclic) bond motifs is 1. The molecule has 0 N–H and O–H groups in total. The van der Waals surface area contributed by atoms with Gasteiger partial charge in [-0.3, -0.25) is 4.90 Å². The maximum Gasteiger partial charge on any atom is 0.411 e. The number of nitrogens with zero attached hydrogens (tertiary/aromatic N) is 2. The van der Waals surface area contributed by atoms with Gasteiger partial charge in [0, 0.05) is 17.9 Å². The fraction of sp³-hybridized carbons (Fsp3) is 0.476. The van der Waals surface area contributed by atoms with Crippen LogP contribution in [0.1, 0.15) is 27.2 Å². The topological polar surface area (TPSA) is 87.2 Å². The van der Waals surface area contributed by atoms with Crippen molar-refractivity contribution in [1.29, 1.82) is 0 Å². The van der Waals surface area contributed by atoms with Crippen LogP contribution in [0.4, 0.5) is 4.79 Å². The standard InChI is InChI=1S/C21H27BN2O6/c1-21(2,3)30-20(26)24-11-14(10-17(24)19(25)28-5)29-18-15(22)8-12-6-7-13(27-4)9-16(12)23-18/h6-9,14,17H,10-11,22H2,1-5H3/t14-,17+/m1/s1. The van der Waals surface area contributed by atoms with E-state index in [9.17, 15) is 9.59 Å². The van der Waals surface area contributed by atoms with Gasteiger partial charge in [-0.15, -0.1) is 0 Å². The van der Waals surface area contributed by atoms with E-state index in [1.165, 1.54) is 12.0 Å². The number of aromatic nitrogens is 1. The minimum absolute atomic E-state index is 0.200. The minimum Gasteiger partial charge on any atom is -0.497 e. The van der Waals surface area contributed by atoms with E-state index in [0.717, 1.165) is 16.4 Å². The summed E-state index contributed by atoms with van der Waals surface area (Å²) in [7, 11) is 4.81. The average Bonchev–Trinajstić information content (AvgIpc) is 3.10. The summed E-state index contributed by atoms with van der Waals surface area (Å²) in [6.07, 6.45) is -0.698. The number of carbonyl (C=O) groups excluding carboxylic acids is 2. The SMILES string of the molecule is Bc1cc2ccc(OC)cc2nc1O[C@@H]1C[C@@H](C(=O)OC)N(C(=O)OC(C)(C)C)C1. The largest absolute Gasteiger partial charge is 0.497 e. The molecule has 0 unspecified atom stereocenters. The van der Waals surface area contributed by atoms with Gasteiger partial charge in [-0.1, -0.05) is 6.07 Å². The quantitative estimate of drug-likeness (QED) is 0.553. The van der Waals surface area contributed by atoms with Crippen molar-refractivity contribution in [3.63, 3.8) is 0 Å². The lowest BCUT2D eigenvalue weighted by Gasteiger charge is -2.27. The molecule has 2 atom stereocenters. The smallest absolute Gasteiger partial charge is 0.411 e. The Balaban J connectivity index is 1.83. The highest BCUT2D eigenvalue weighted by molar-refractivity contribution is 6.34. The number of hydrogen-bond acceptors (Lipinski definition) is 7. The number of hydrogen-bond donors (Lipinski definition) is 0. The van der Waals surface area contributed by atoms with E-state index in [1.807, 2.05) is 32.1 Å². The second-order valence-electron chi connectivity index (χ2n) is 8.32. The van der Waals surface area contributed by atoms with Gasteiger partial charge >= 0.3 is 12.1 Å². The Morgan fingerprint density at radius 1 is 1.20 bits per heavy atom. The molecule has 30 heavy (non-hydrogen) atoms. The Kier molecular flexibility index (Phi) is 6.10. The first-order valence-electron chi connectivity index (χ1n) is 9.81. The third-order valence-corrected chi connectivity index (χ3v) is 4.81. The van der Waals surface area contributed by atoms with Gasteiger partial charge < -0.3 is 18.9 Å².